The number of hydrogen-bond acceptors (Lipinski definition) is 4. The van der Waals surface area contributed by atoms with Crippen LogP contribution in [0.1, 0.15) is 44.2 Å². The molecular formula is C19H28N2O3. The van der Waals surface area contributed by atoms with Gasteiger partial charge in [0.05, 0.1) is 6.61 Å². The number of nitrogens with zero attached hydrogens (tertiary/aromatic N) is 1. The Morgan fingerprint density at radius 2 is 2.12 bits per heavy atom. The van der Waals surface area contributed by atoms with Crippen molar-refractivity contribution in [1.29, 1.82) is 0 Å². The van der Waals surface area contributed by atoms with Gasteiger partial charge in [-0.1, -0.05) is 0 Å². The van der Waals surface area contributed by atoms with Crippen molar-refractivity contribution in [3.05, 3.63) is 23.3 Å². The van der Waals surface area contributed by atoms with Crippen LogP contribution in [0.25, 0.3) is 0 Å². The molecule has 1 fully saturated rings. The van der Waals surface area contributed by atoms with Gasteiger partial charge in [-0.25, -0.2) is 0 Å². The zero-order valence-corrected chi connectivity index (χ0v) is 14.7. The topological polar surface area (TPSA) is 64.8 Å². The number of amides is 1. The smallest absolute Gasteiger partial charge is 0.217 e. The van der Waals surface area contributed by atoms with Crippen LogP contribution in [0.5, 0.6) is 11.5 Å². The molecule has 0 spiro atoms. The maximum atomic E-state index is 11.1. The summed E-state index contributed by atoms with van der Waals surface area (Å²) in [6.45, 7) is 7.65. The fraction of sp³-hybridized carbons (Fsp3) is 0.632. The molecule has 1 unspecified atom stereocenters. The first kappa shape index (κ1) is 17.1. The third-order valence-electron chi connectivity index (χ3n) is 4.97. The van der Waals surface area contributed by atoms with Crippen molar-refractivity contribution in [2.24, 2.45) is 11.7 Å². The summed E-state index contributed by atoms with van der Waals surface area (Å²) < 4.78 is 11.8. The molecule has 132 valence electrons. The van der Waals surface area contributed by atoms with E-state index in [1.165, 1.54) is 11.1 Å². The number of hydrogen-bond donors (Lipinski definition) is 1. The maximum absolute atomic E-state index is 11.1. The number of piperidine rings is 1. The Morgan fingerprint density at radius 1 is 1.38 bits per heavy atom. The minimum absolute atomic E-state index is 0.183. The van der Waals surface area contributed by atoms with Crippen molar-refractivity contribution in [3.8, 4) is 11.5 Å². The molecule has 1 saturated heterocycles. The normalized spacial score (nSPS) is 21.3. The number of carbonyl (C=O) groups excluding carboxylic acids is 1. The molecule has 0 radical (unpaired) electrons. The molecule has 1 atom stereocenters. The van der Waals surface area contributed by atoms with Crippen LogP contribution in [-0.4, -0.2) is 36.6 Å². The molecule has 24 heavy (non-hydrogen) atoms. The first-order valence-corrected chi connectivity index (χ1v) is 9.01. The Labute approximate surface area is 144 Å². The van der Waals surface area contributed by atoms with Crippen LogP contribution in [-0.2, 0) is 17.8 Å². The van der Waals surface area contributed by atoms with Gasteiger partial charge in [-0.3, -0.25) is 9.69 Å². The Kier molecular flexibility index (Phi) is 5.29. The van der Waals surface area contributed by atoms with Gasteiger partial charge in [-0.05, 0) is 57.8 Å². The lowest BCUT2D eigenvalue weighted by Crippen LogP contribution is -2.34. The number of nitrogens with two attached hydrogens (primary N) is 1. The van der Waals surface area contributed by atoms with Crippen molar-refractivity contribution < 1.29 is 14.3 Å². The van der Waals surface area contributed by atoms with Crippen LogP contribution < -0.4 is 15.2 Å². The average molecular weight is 332 g/mol. The number of rotatable bonds is 6. The summed E-state index contributed by atoms with van der Waals surface area (Å²) in [5.41, 5.74) is 7.75. The van der Waals surface area contributed by atoms with Crippen LogP contribution in [0.15, 0.2) is 12.1 Å². The number of likely N-dealkylation sites (tertiary alicyclic amines) is 1. The van der Waals surface area contributed by atoms with E-state index in [0.29, 0.717) is 18.9 Å². The molecule has 5 nitrogen and oxygen atoms in total. The monoisotopic (exact) mass is 332 g/mol. The van der Waals surface area contributed by atoms with E-state index in [0.717, 1.165) is 50.4 Å². The van der Waals surface area contributed by atoms with Gasteiger partial charge >= 0.3 is 0 Å². The second-order valence-electron chi connectivity index (χ2n) is 7.02. The standard InChI is InChI=1S/C19H28N2O3/c1-3-23-17-10-15-8-13(2)24-18(15)11-16(17)12-21-6-4-14(5-7-21)9-19(20)22/h10-11,13-14H,3-9,12H2,1-2H3,(H2,20,22). The molecule has 1 aromatic carbocycles. The fourth-order valence-electron chi connectivity index (χ4n) is 3.77. The largest absolute Gasteiger partial charge is 0.494 e. The molecule has 2 aliphatic heterocycles. The summed E-state index contributed by atoms with van der Waals surface area (Å²) in [4.78, 5) is 13.5. The molecule has 2 aliphatic rings. The van der Waals surface area contributed by atoms with E-state index in [4.69, 9.17) is 15.2 Å². The van der Waals surface area contributed by atoms with Crippen LogP contribution in [0.2, 0.25) is 0 Å². The molecule has 0 bridgehead atoms. The van der Waals surface area contributed by atoms with E-state index < -0.39 is 0 Å². The minimum Gasteiger partial charge on any atom is -0.494 e. The Balaban J connectivity index is 1.67. The first-order chi connectivity index (χ1) is 11.5. The Hall–Kier alpha value is -1.75. The molecule has 5 heteroatoms. The lowest BCUT2D eigenvalue weighted by atomic mass is 9.93. The summed E-state index contributed by atoms with van der Waals surface area (Å²) in [5.74, 6) is 2.24. The van der Waals surface area contributed by atoms with E-state index >= 15 is 0 Å². The summed E-state index contributed by atoms with van der Waals surface area (Å²) in [6, 6.07) is 4.30. The quantitative estimate of drug-likeness (QED) is 0.869. The molecule has 2 N–H and O–H groups in total. The first-order valence-electron chi connectivity index (χ1n) is 9.01. The van der Waals surface area contributed by atoms with E-state index in [1.807, 2.05) is 6.92 Å². The highest BCUT2D eigenvalue weighted by Crippen LogP contribution is 2.36. The highest BCUT2D eigenvalue weighted by atomic mass is 16.5. The van der Waals surface area contributed by atoms with Gasteiger partial charge in [-0.15, -0.1) is 0 Å². The third-order valence-corrected chi connectivity index (χ3v) is 4.97. The highest BCUT2D eigenvalue weighted by molar-refractivity contribution is 5.74. The van der Waals surface area contributed by atoms with E-state index in [-0.39, 0.29) is 12.0 Å². The second-order valence-corrected chi connectivity index (χ2v) is 7.02. The molecule has 0 aliphatic carbocycles. The van der Waals surface area contributed by atoms with Crippen LogP contribution in [0.3, 0.4) is 0 Å². The fourth-order valence-corrected chi connectivity index (χ4v) is 3.77. The van der Waals surface area contributed by atoms with Gasteiger partial charge in [-0.2, -0.15) is 0 Å². The second kappa shape index (κ2) is 7.43. The number of primary amides is 1. The van der Waals surface area contributed by atoms with Crippen LogP contribution >= 0.6 is 0 Å². The van der Waals surface area contributed by atoms with Crippen molar-refractivity contribution >= 4 is 5.91 Å². The summed E-state index contributed by atoms with van der Waals surface area (Å²) >= 11 is 0. The van der Waals surface area contributed by atoms with Crippen LogP contribution in [0, 0.1) is 5.92 Å². The van der Waals surface area contributed by atoms with Gasteiger partial charge in [0.2, 0.25) is 5.91 Å². The summed E-state index contributed by atoms with van der Waals surface area (Å²) in [6.07, 6.45) is 3.78. The Bertz CT molecular complexity index is 595. The van der Waals surface area contributed by atoms with E-state index in [1.54, 1.807) is 0 Å². The zero-order valence-electron chi connectivity index (χ0n) is 14.7. The molecule has 2 heterocycles. The van der Waals surface area contributed by atoms with Crippen LogP contribution in [0.4, 0.5) is 0 Å². The number of benzene rings is 1. The molecular weight excluding hydrogens is 304 g/mol. The average Bonchev–Trinajstić information content (AvgIpc) is 2.88. The van der Waals surface area contributed by atoms with Crippen molar-refractivity contribution in [1.82, 2.24) is 4.90 Å². The number of carbonyl (C=O) groups is 1. The summed E-state index contributed by atoms with van der Waals surface area (Å²) in [7, 11) is 0. The molecule has 0 aromatic heterocycles. The van der Waals surface area contributed by atoms with Gasteiger partial charge in [0.15, 0.2) is 0 Å². The molecule has 0 saturated carbocycles. The SMILES string of the molecule is CCOc1cc2c(cc1CN1CCC(CC(N)=O)CC1)OC(C)C2. The van der Waals surface area contributed by atoms with Crippen molar-refractivity contribution in [3.63, 3.8) is 0 Å². The van der Waals surface area contributed by atoms with Gasteiger partial charge in [0, 0.05) is 30.5 Å². The molecule has 1 amide bonds. The van der Waals surface area contributed by atoms with E-state index in [9.17, 15) is 4.79 Å². The lowest BCUT2D eigenvalue weighted by molar-refractivity contribution is -0.119. The Morgan fingerprint density at radius 3 is 2.79 bits per heavy atom. The van der Waals surface area contributed by atoms with Gasteiger partial charge in [0.25, 0.3) is 0 Å². The predicted molar refractivity (Wildman–Crippen MR) is 93.2 cm³/mol. The lowest BCUT2D eigenvalue weighted by Gasteiger charge is -2.32. The predicted octanol–water partition coefficient (Wildman–Crippen LogP) is 2.50. The van der Waals surface area contributed by atoms with Crippen molar-refractivity contribution in [2.45, 2.75) is 52.2 Å². The maximum Gasteiger partial charge on any atom is 0.217 e. The highest BCUT2D eigenvalue weighted by Gasteiger charge is 2.25. The van der Waals surface area contributed by atoms with Gasteiger partial charge < -0.3 is 15.2 Å². The third kappa shape index (κ3) is 4.01. The summed E-state index contributed by atoms with van der Waals surface area (Å²) in [5, 5.41) is 0. The van der Waals surface area contributed by atoms with Gasteiger partial charge in [0.1, 0.15) is 17.6 Å². The minimum atomic E-state index is -0.183. The van der Waals surface area contributed by atoms with Crippen molar-refractivity contribution in [2.75, 3.05) is 19.7 Å². The van der Waals surface area contributed by atoms with E-state index in [2.05, 4.69) is 24.0 Å². The number of ether oxygens (including phenoxy) is 2. The zero-order chi connectivity index (χ0) is 17.1. The number of fused-ring (bicyclic) bond motifs is 1. The molecule has 1 aromatic rings. The molecule has 3 rings (SSSR count).